The molecule has 17 heavy (non-hydrogen) atoms. The van der Waals surface area contributed by atoms with E-state index in [1.807, 2.05) is 0 Å². The molecule has 0 unspecified atom stereocenters. The van der Waals surface area contributed by atoms with Gasteiger partial charge in [-0.3, -0.25) is 0 Å². The van der Waals surface area contributed by atoms with E-state index in [0.29, 0.717) is 5.56 Å². The summed E-state index contributed by atoms with van der Waals surface area (Å²) in [6, 6.07) is 8.71. The van der Waals surface area contributed by atoms with Gasteiger partial charge < -0.3 is 0 Å². The molecule has 1 N–H and O–H groups in total. The Bertz CT molecular complexity index is 549. The molecule has 0 aliphatic rings. The van der Waals surface area contributed by atoms with Crippen LogP contribution in [0.5, 0.6) is 0 Å². The molecule has 5 nitrogen and oxygen atoms in total. The first-order valence-electron chi connectivity index (χ1n) is 4.97. The number of benzene rings is 1. The molecule has 1 rings (SSSR count). The van der Waals surface area contributed by atoms with Gasteiger partial charge in [-0.25, -0.2) is 21.6 Å². The fourth-order valence-corrected chi connectivity index (χ4v) is 2.98. The van der Waals surface area contributed by atoms with E-state index in [4.69, 9.17) is 0 Å². The average molecular weight is 277 g/mol. The minimum atomic E-state index is -3.47. The quantitative estimate of drug-likeness (QED) is 0.802. The van der Waals surface area contributed by atoms with Crippen molar-refractivity contribution >= 4 is 19.9 Å². The molecule has 1 aromatic rings. The lowest BCUT2D eigenvalue weighted by Crippen LogP contribution is -2.29. The van der Waals surface area contributed by atoms with Crippen molar-refractivity contribution < 1.29 is 16.8 Å². The molecule has 0 saturated carbocycles. The summed E-state index contributed by atoms with van der Waals surface area (Å²) in [5, 5.41) is 0. The second-order valence-electron chi connectivity index (χ2n) is 3.77. The summed E-state index contributed by atoms with van der Waals surface area (Å²) in [6.45, 7) is -0.0893. The van der Waals surface area contributed by atoms with Crippen LogP contribution in [0.15, 0.2) is 30.3 Å². The Balaban J connectivity index is 2.53. The predicted octanol–water partition coefficient (Wildman–Crippen LogP) is 0.151. The van der Waals surface area contributed by atoms with E-state index in [1.54, 1.807) is 30.3 Å². The molecule has 96 valence electrons. The van der Waals surface area contributed by atoms with Gasteiger partial charge in [0.25, 0.3) is 0 Å². The number of sulfonamides is 1. The zero-order valence-electron chi connectivity index (χ0n) is 9.46. The van der Waals surface area contributed by atoms with Crippen LogP contribution in [0.2, 0.25) is 0 Å². The summed E-state index contributed by atoms with van der Waals surface area (Å²) >= 11 is 0. The van der Waals surface area contributed by atoms with Crippen LogP contribution in [0.4, 0.5) is 0 Å². The van der Waals surface area contributed by atoms with Crippen LogP contribution in [0.25, 0.3) is 0 Å². The molecule has 0 radical (unpaired) electrons. The molecule has 0 fully saturated rings. The molecule has 0 aliphatic heterocycles. The summed E-state index contributed by atoms with van der Waals surface area (Å²) in [5.74, 6) is -0.335. The van der Waals surface area contributed by atoms with Crippen LogP contribution < -0.4 is 4.72 Å². The Hall–Kier alpha value is -0.920. The first-order valence-corrected chi connectivity index (χ1v) is 8.69. The van der Waals surface area contributed by atoms with Gasteiger partial charge in [0.15, 0.2) is 0 Å². The van der Waals surface area contributed by atoms with Crippen molar-refractivity contribution in [3.05, 3.63) is 35.9 Å². The monoisotopic (exact) mass is 277 g/mol. The van der Waals surface area contributed by atoms with Gasteiger partial charge >= 0.3 is 0 Å². The van der Waals surface area contributed by atoms with Gasteiger partial charge in [-0.05, 0) is 5.56 Å². The standard InChI is InChI=1S/C10H15NO4S2/c1-16(12,13)8-7-11-17(14,15)9-10-5-3-2-4-6-10/h2-6,11H,7-9H2,1H3. The van der Waals surface area contributed by atoms with Crippen molar-refractivity contribution in [3.8, 4) is 0 Å². The van der Waals surface area contributed by atoms with Gasteiger partial charge in [0.1, 0.15) is 9.84 Å². The van der Waals surface area contributed by atoms with E-state index in [-0.39, 0.29) is 18.1 Å². The summed E-state index contributed by atoms with van der Waals surface area (Å²) in [6.07, 6.45) is 1.07. The lowest BCUT2D eigenvalue weighted by molar-refractivity contribution is 0.581. The van der Waals surface area contributed by atoms with E-state index in [2.05, 4.69) is 4.72 Å². The minimum Gasteiger partial charge on any atom is -0.229 e. The van der Waals surface area contributed by atoms with Crippen LogP contribution in [-0.4, -0.2) is 35.4 Å². The smallest absolute Gasteiger partial charge is 0.215 e. The highest BCUT2D eigenvalue weighted by Gasteiger charge is 2.12. The molecule has 0 atom stereocenters. The third kappa shape index (κ3) is 6.40. The SMILES string of the molecule is CS(=O)(=O)CCNS(=O)(=O)Cc1ccccc1. The summed E-state index contributed by atoms with van der Waals surface area (Å²) < 4.78 is 47.1. The van der Waals surface area contributed by atoms with Gasteiger partial charge in [-0.15, -0.1) is 0 Å². The Morgan fingerprint density at radius 3 is 2.18 bits per heavy atom. The molecule has 0 heterocycles. The second kappa shape index (κ2) is 5.61. The second-order valence-corrected chi connectivity index (χ2v) is 7.84. The van der Waals surface area contributed by atoms with E-state index in [1.165, 1.54) is 0 Å². The van der Waals surface area contributed by atoms with Gasteiger partial charge in [0.05, 0.1) is 11.5 Å². The number of hydrogen-bond acceptors (Lipinski definition) is 4. The summed E-state index contributed by atoms with van der Waals surface area (Å²) in [7, 11) is -6.62. The maximum atomic E-state index is 11.6. The number of sulfone groups is 1. The molecular weight excluding hydrogens is 262 g/mol. The Kier molecular flexibility index (Phi) is 4.67. The first kappa shape index (κ1) is 14.1. The van der Waals surface area contributed by atoms with Crippen molar-refractivity contribution in [2.75, 3.05) is 18.6 Å². The molecule has 0 aromatic heterocycles. The largest absolute Gasteiger partial charge is 0.229 e. The minimum absolute atomic E-state index is 0.0893. The first-order chi connectivity index (χ1) is 7.79. The van der Waals surface area contributed by atoms with Crippen LogP contribution in [-0.2, 0) is 25.6 Å². The van der Waals surface area contributed by atoms with Crippen molar-refractivity contribution in [3.63, 3.8) is 0 Å². The molecule has 0 saturated heterocycles. The topological polar surface area (TPSA) is 80.3 Å². The fraction of sp³-hybridized carbons (Fsp3) is 0.400. The maximum absolute atomic E-state index is 11.6. The van der Waals surface area contributed by atoms with Crippen LogP contribution in [0.3, 0.4) is 0 Å². The van der Waals surface area contributed by atoms with Crippen LogP contribution in [0, 0.1) is 0 Å². The molecule has 7 heteroatoms. The van der Waals surface area contributed by atoms with Gasteiger partial charge in [-0.2, -0.15) is 0 Å². The highest BCUT2D eigenvalue weighted by atomic mass is 32.2. The van der Waals surface area contributed by atoms with E-state index in [9.17, 15) is 16.8 Å². The molecule has 0 amide bonds. The number of hydrogen-bond donors (Lipinski definition) is 1. The zero-order chi connectivity index (χ0) is 12.9. The highest BCUT2D eigenvalue weighted by molar-refractivity contribution is 7.91. The van der Waals surface area contributed by atoms with Crippen molar-refractivity contribution in [2.24, 2.45) is 0 Å². The fourth-order valence-electron chi connectivity index (χ4n) is 1.23. The normalized spacial score (nSPS) is 12.5. The summed E-state index contributed by atoms with van der Waals surface area (Å²) in [5.41, 5.74) is 0.666. The van der Waals surface area contributed by atoms with Crippen LogP contribution >= 0.6 is 0 Å². The van der Waals surface area contributed by atoms with Gasteiger partial charge in [0.2, 0.25) is 10.0 Å². The highest BCUT2D eigenvalue weighted by Crippen LogP contribution is 2.03. The Labute approximate surface area is 102 Å². The molecule has 1 aromatic carbocycles. The maximum Gasteiger partial charge on any atom is 0.215 e. The van der Waals surface area contributed by atoms with Crippen molar-refractivity contribution in [1.82, 2.24) is 4.72 Å². The molecule has 0 spiro atoms. The third-order valence-corrected chi connectivity index (χ3v) is 4.30. The number of nitrogens with one attached hydrogen (secondary N) is 1. The van der Waals surface area contributed by atoms with Crippen LogP contribution in [0.1, 0.15) is 5.56 Å². The van der Waals surface area contributed by atoms with Crippen molar-refractivity contribution in [1.29, 1.82) is 0 Å². The Morgan fingerprint density at radius 1 is 1.06 bits per heavy atom. The lowest BCUT2D eigenvalue weighted by Gasteiger charge is -2.05. The van der Waals surface area contributed by atoms with E-state index in [0.717, 1.165) is 6.26 Å². The zero-order valence-corrected chi connectivity index (χ0v) is 11.1. The third-order valence-electron chi connectivity index (χ3n) is 1.99. The van der Waals surface area contributed by atoms with Gasteiger partial charge in [0, 0.05) is 12.8 Å². The summed E-state index contributed by atoms with van der Waals surface area (Å²) in [4.78, 5) is 0. The molecule has 0 aliphatic carbocycles. The predicted molar refractivity (Wildman–Crippen MR) is 66.8 cm³/mol. The molecular formula is C10H15NO4S2. The Morgan fingerprint density at radius 2 is 1.65 bits per heavy atom. The van der Waals surface area contributed by atoms with E-state index >= 15 is 0 Å². The molecule has 0 bridgehead atoms. The van der Waals surface area contributed by atoms with Crippen molar-refractivity contribution in [2.45, 2.75) is 5.75 Å². The number of rotatable bonds is 6. The van der Waals surface area contributed by atoms with E-state index < -0.39 is 19.9 Å². The average Bonchev–Trinajstić information content (AvgIpc) is 2.15. The van der Waals surface area contributed by atoms with Gasteiger partial charge in [-0.1, -0.05) is 30.3 Å². The lowest BCUT2D eigenvalue weighted by atomic mass is 10.2.